The quantitative estimate of drug-likeness (QED) is 0.179. The maximum atomic E-state index is 14.7. The third kappa shape index (κ3) is 4.78. The molecule has 0 spiro atoms. The molecule has 0 aliphatic carbocycles. The highest BCUT2D eigenvalue weighted by molar-refractivity contribution is 5.88. The van der Waals surface area contributed by atoms with E-state index in [4.69, 9.17) is 5.41 Å². The van der Waals surface area contributed by atoms with Crippen LogP contribution in [0.1, 0.15) is 22.4 Å². The molecule has 2 atom stereocenters. The van der Waals surface area contributed by atoms with Gasteiger partial charge in [0.1, 0.15) is 12.1 Å². The molecule has 12 heteroatoms. The summed E-state index contributed by atoms with van der Waals surface area (Å²) in [5, 5.41) is 41.2. The fourth-order valence-corrected chi connectivity index (χ4v) is 4.16. The van der Waals surface area contributed by atoms with Crippen molar-refractivity contribution in [2.24, 2.45) is 0 Å². The molecule has 0 fully saturated rings. The monoisotopic (exact) mass is 517 g/mol. The molecule has 0 saturated heterocycles. The molecule has 2 aromatic carbocycles. The Balaban J connectivity index is 1.89. The molecule has 0 amide bonds. The van der Waals surface area contributed by atoms with Crippen LogP contribution in [0.4, 0.5) is 28.9 Å². The average molecular weight is 517 g/mol. The minimum atomic E-state index is -5.22. The Morgan fingerprint density at radius 1 is 1.14 bits per heavy atom. The maximum absolute atomic E-state index is 14.7. The SMILES string of the molecule is Cc1ncnc2c(C(O)(c3ccc(Nc4ccc(F)cc4)c(C=N)c3)C(F)(F)F)cn(CC(O)CO)c12. The van der Waals surface area contributed by atoms with Crippen molar-refractivity contribution < 1.29 is 32.9 Å². The van der Waals surface area contributed by atoms with Crippen LogP contribution >= 0.6 is 0 Å². The average Bonchev–Trinajstić information content (AvgIpc) is 3.24. The first-order chi connectivity index (χ1) is 17.5. The Morgan fingerprint density at radius 2 is 1.84 bits per heavy atom. The van der Waals surface area contributed by atoms with Crippen molar-refractivity contribution in [2.75, 3.05) is 11.9 Å². The maximum Gasteiger partial charge on any atom is 0.425 e. The number of aliphatic hydroxyl groups excluding tert-OH is 2. The van der Waals surface area contributed by atoms with E-state index in [1.54, 1.807) is 6.92 Å². The van der Waals surface area contributed by atoms with Gasteiger partial charge >= 0.3 is 6.18 Å². The molecule has 2 unspecified atom stereocenters. The lowest BCUT2D eigenvalue weighted by molar-refractivity contribution is -0.248. The minimum absolute atomic E-state index is 0.0368. The number of fused-ring (bicyclic) bond motifs is 1. The van der Waals surface area contributed by atoms with Crippen LogP contribution in [0.5, 0.6) is 0 Å². The number of nitrogens with one attached hydrogen (secondary N) is 2. The number of hydrogen-bond donors (Lipinski definition) is 5. The van der Waals surface area contributed by atoms with Gasteiger partial charge in [0.15, 0.2) is 0 Å². The summed E-state index contributed by atoms with van der Waals surface area (Å²) in [6.07, 6.45) is -3.55. The van der Waals surface area contributed by atoms with Gasteiger partial charge in [0, 0.05) is 34.9 Å². The van der Waals surface area contributed by atoms with E-state index < -0.39 is 41.4 Å². The summed E-state index contributed by atoms with van der Waals surface area (Å²) in [4.78, 5) is 8.02. The van der Waals surface area contributed by atoms with Crippen molar-refractivity contribution in [3.63, 3.8) is 0 Å². The normalized spacial score (nSPS) is 14.4. The molecule has 4 aromatic rings. The lowest BCUT2D eigenvalue weighted by Crippen LogP contribution is -2.43. The highest BCUT2D eigenvalue weighted by Gasteiger charge is 2.58. The minimum Gasteiger partial charge on any atom is -0.394 e. The number of aliphatic hydroxyl groups is 3. The smallest absolute Gasteiger partial charge is 0.394 e. The van der Waals surface area contributed by atoms with Gasteiger partial charge in [0.05, 0.1) is 36.0 Å². The number of benzene rings is 2. The zero-order valence-corrected chi connectivity index (χ0v) is 19.5. The Morgan fingerprint density at radius 3 is 2.46 bits per heavy atom. The fraction of sp³-hybridized carbons (Fsp3) is 0.240. The summed E-state index contributed by atoms with van der Waals surface area (Å²) in [7, 11) is 0. The number of anilines is 2. The van der Waals surface area contributed by atoms with Gasteiger partial charge in [0.2, 0.25) is 5.60 Å². The zero-order chi connectivity index (χ0) is 27.0. The fourth-order valence-electron chi connectivity index (χ4n) is 4.16. The molecular weight excluding hydrogens is 494 g/mol. The molecule has 4 rings (SSSR count). The van der Waals surface area contributed by atoms with Gasteiger partial charge < -0.3 is 30.6 Å². The molecule has 2 heterocycles. The molecular formula is C25H23F4N5O3. The van der Waals surface area contributed by atoms with Gasteiger partial charge in [-0.25, -0.2) is 14.4 Å². The van der Waals surface area contributed by atoms with Gasteiger partial charge in [-0.1, -0.05) is 6.07 Å². The van der Waals surface area contributed by atoms with Gasteiger partial charge in [-0.2, -0.15) is 13.2 Å². The number of hydrogen-bond acceptors (Lipinski definition) is 7. The van der Waals surface area contributed by atoms with E-state index in [1.807, 2.05) is 0 Å². The lowest BCUT2D eigenvalue weighted by atomic mass is 9.85. The van der Waals surface area contributed by atoms with Crippen LogP contribution in [0.2, 0.25) is 0 Å². The second kappa shape index (κ2) is 9.88. The van der Waals surface area contributed by atoms with Gasteiger partial charge in [-0.05, 0) is 48.9 Å². The second-order valence-electron chi connectivity index (χ2n) is 8.47. The molecule has 0 aliphatic rings. The van der Waals surface area contributed by atoms with Crippen LogP contribution in [0, 0.1) is 18.2 Å². The molecule has 0 radical (unpaired) electrons. The van der Waals surface area contributed by atoms with E-state index in [9.17, 15) is 32.9 Å². The Kier molecular flexibility index (Phi) is 7.00. The number of alkyl halides is 3. The highest BCUT2D eigenvalue weighted by atomic mass is 19.4. The predicted molar refractivity (Wildman–Crippen MR) is 128 cm³/mol. The standard InChI is InChI=1S/C25H23F4N5O3/c1-14-23-22(32-13-31-14)20(11-34(23)10-19(36)12-35)24(37,25(27,28)29)16-2-7-21(15(8-16)9-30)33-18-5-3-17(26)4-6-18/h2-9,11,13,19,30,33,35-37H,10,12H2,1H3. The van der Waals surface area contributed by atoms with Crippen LogP contribution < -0.4 is 5.32 Å². The van der Waals surface area contributed by atoms with Crippen LogP contribution in [0.3, 0.4) is 0 Å². The van der Waals surface area contributed by atoms with Crippen molar-refractivity contribution in [2.45, 2.75) is 31.3 Å². The summed E-state index contributed by atoms with van der Waals surface area (Å²) in [5.74, 6) is -0.465. The highest BCUT2D eigenvalue weighted by Crippen LogP contribution is 2.47. The molecule has 8 nitrogen and oxygen atoms in total. The molecule has 0 saturated carbocycles. The topological polar surface area (TPSA) is 127 Å². The van der Waals surface area contributed by atoms with Crippen LogP contribution in [0.25, 0.3) is 11.0 Å². The van der Waals surface area contributed by atoms with Crippen molar-refractivity contribution in [1.82, 2.24) is 14.5 Å². The van der Waals surface area contributed by atoms with Crippen molar-refractivity contribution in [3.8, 4) is 0 Å². The first-order valence-corrected chi connectivity index (χ1v) is 11.1. The summed E-state index contributed by atoms with van der Waals surface area (Å²) < 4.78 is 58.5. The number of rotatable bonds is 8. The lowest BCUT2D eigenvalue weighted by Gasteiger charge is -2.31. The van der Waals surface area contributed by atoms with Crippen molar-refractivity contribution in [3.05, 3.63) is 83.2 Å². The summed E-state index contributed by atoms with van der Waals surface area (Å²) in [5.41, 5.74) is -3.67. The van der Waals surface area contributed by atoms with E-state index in [2.05, 4.69) is 15.3 Å². The third-order valence-electron chi connectivity index (χ3n) is 6.00. The van der Waals surface area contributed by atoms with Crippen LogP contribution in [-0.2, 0) is 12.1 Å². The molecule has 194 valence electrons. The molecule has 5 N–H and O–H groups in total. The molecule has 37 heavy (non-hydrogen) atoms. The molecule has 2 aromatic heterocycles. The summed E-state index contributed by atoms with van der Waals surface area (Å²) in [6.45, 7) is 0.656. The Bertz CT molecular complexity index is 1440. The Labute approximate surface area is 208 Å². The van der Waals surface area contributed by atoms with Gasteiger partial charge in [0.25, 0.3) is 0 Å². The number of halogens is 4. The number of aromatic nitrogens is 3. The Hall–Kier alpha value is -3.87. The number of aryl methyl sites for hydroxylation is 1. The van der Waals surface area contributed by atoms with Crippen molar-refractivity contribution >= 4 is 28.6 Å². The van der Waals surface area contributed by atoms with E-state index in [0.29, 0.717) is 11.4 Å². The predicted octanol–water partition coefficient (Wildman–Crippen LogP) is 3.77. The molecule has 0 bridgehead atoms. The largest absolute Gasteiger partial charge is 0.425 e. The van der Waals surface area contributed by atoms with Crippen LogP contribution in [-0.4, -0.2) is 55.0 Å². The molecule has 0 aliphatic heterocycles. The van der Waals surface area contributed by atoms with E-state index in [-0.39, 0.29) is 28.8 Å². The van der Waals surface area contributed by atoms with Crippen LogP contribution in [0.15, 0.2) is 55.0 Å². The van der Waals surface area contributed by atoms with Gasteiger partial charge in [-0.15, -0.1) is 0 Å². The van der Waals surface area contributed by atoms with E-state index >= 15 is 0 Å². The van der Waals surface area contributed by atoms with Crippen molar-refractivity contribution in [1.29, 1.82) is 5.41 Å². The number of nitrogens with zero attached hydrogens (tertiary/aromatic N) is 3. The van der Waals surface area contributed by atoms with Gasteiger partial charge in [-0.3, -0.25) is 0 Å². The first kappa shape index (κ1) is 26.2. The van der Waals surface area contributed by atoms with E-state index in [0.717, 1.165) is 30.9 Å². The zero-order valence-electron chi connectivity index (χ0n) is 19.5. The second-order valence-corrected chi connectivity index (χ2v) is 8.47. The third-order valence-corrected chi connectivity index (χ3v) is 6.00. The summed E-state index contributed by atoms with van der Waals surface area (Å²) >= 11 is 0. The summed E-state index contributed by atoms with van der Waals surface area (Å²) in [6, 6.07) is 8.66. The first-order valence-electron chi connectivity index (χ1n) is 11.1. The van der Waals surface area contributed by atoms with E-state index in [1.165, 1.54) is 34.9 Å².